The summed E-state index contributed by atoms with van der Waals surface area (Å²) in [5.74, 6) is 0. The van der Waals surface area contributed by atoms with E-state index in [-0.39, 0.29) is 0 Å². The first-order valence-electron chi connectivity index (χ1n) is 4.59. The number of hydrogen-bond acceptors (Lipinski definition) is 1. The van der Waals surface area contributed by atoms with Crippen molar-refractivity contribution in [2.24, 2.45) is 0 Å². The molecule has 0 aliphatic carbocycles. The number of ether oxygens (including phenoxy) is 1. The normalized spacial score (nSPS) is 20.8. The van der Waals surface area contributed by atoms with Gasteiger partial charge in [-0.2, -0.15) is 0 Å². The Morgan fingerprint density at radius 2 is 2.15 bits per heavy atom. The predicted molar refractivity (Wildman–Crippen MR) is 51.7 cm³/mol. The van der Waals surface area contributed by atoms with Crippen molar-refractivity contribution < 1.29 is 4.74 Å². The summed E-state index contributed by atoms with van der Waals surface area (Å²) in [5.41, 5.74) is 1.30. The van der Waals surface area contributed by atoms with Crippen molar-refractivity contribution in [2.45, 2.75) is 12.6 Å². The number of nitrogens with zero attached hydrogens (tertiary/aromatic N) is 1. The van der Waals surface area contributed by atoms with Gasteiger partial charge in [0.1, 0.15) is 0 Å². The SMILES string of the molecule is c1ccc2c(c1)ccn2CC1CO1. The predicted octanol–water partition coefficient (Wildman–Crippen LogP) is 2.04. The Kier molecular flexibility index (Phi) is 1.43. The highest BCUT2D eigenvalue weighted by atomic mass is 16.6. The fourth-order valence-corrected chi connectivity index (χ4v) is 1.69. The molecule has 1 aliphatic rings. The van der Waals surface area contributed by atoms with Crippen molar-refractivity contribution in [3.05, 3.63) is 36.5 Å². The maximum atomic E-state index is 5.21. The highest BCUT2D eigenvalue weighted by Crippen LogP contribution is 2.19. The summed E-state index contributed by atoms with van der Waals surface area (Å²) in [6, 6.07) is 10.6. The lowest BCUT2D eigenvalue weighted by Crippen LogP contribution is -2.01. The Bertz CT molecular complexity index is 428. The van der Waals surface area contributed by atoms with Crippen LogP contribution in [0.25, 0.3) is 10.9 Å². The molecule has 1 aliphatic heterocycles. The van der Waals surface area contributed by atoms with Crippen LogP contribution in [0.3, 0.4) is 0 Å². The summed E-state index contributed by atoms with van der Waals surface area (Å²) in [5, 5.41) is 1.31. The highest BCUT2D eigenvalue weighted by Gasteiger charge is 2.22. The van der Waals surface area contributed by atoms with Crippen molar-refractivity contribution in [3.63, 3.8) is 0 Å². The number of fused-ring (bicyclic) bond motifs is 1. The zero-order valence-corrected chi connectivity index (χ0v) is 7.31. The van der Waals surface area contributed by atoms with Crippen LogP contribution in [-0.4, -0.2) is 17.3 Å². The van der Waals surface area contributed by atoms with Gasteiger partial charge >= 0.3 is 0 Å². The summed E-state index contributed by atoms with van der Waals surface area (Å²) in [7, 11) is 0. The van der Waals surface area contributed by atoms with Crippen LogP contribution in [0.15, 0.2) is 36.5 Å². The maximum Gasteiger partial charge on any atom is 0.0988 e. The second-order valence-electron chi connectivity index (χ2n) is 3.48. The summed E-state index contributed by atoms with van der Waals surface area (Å²) >= 11 is 0. The topological polar surface area (TPSA) is 17.5 Å². The molecule has 0 saturated carbocycles. The Balaban J connectivity index is 2.06. The van der Waals surface area contributed by atoms with Crippen molar-refractivity contribution >= 4 is 10.9 Å². The van der Waals surface area contributed by atoms with E-state index < -0.39 is 0 Å². The molecule has 0 N–H and O–H groups in total. The van der Waals surface area contributed by atoms with Crippen LogP contribution < -0.4 is 0 Å². The second kappa shape index (κ2) is 2.60. The summed E-state index contributed by atoms with van der Waals surface area (Å²) in [4.78, 5) is 0. The van der Waals surface area contributed by atoms with E-state index in [1.165, 1.54) is 10.9 Å². The summed E-state index contributed by atoms with van der Waals surface area (Å²) < 4.78 is 7.47. The van der Waals surface area contributed by atoms with Gasteiger partial charge in [-0.15, -0.1) is 0 Å². The van der Waals surface area contributed by atoms with E-state index in [1.54, 1.807) is 0 Å². The van der Waals surface area contributed by atoms with Gasteiger partial charge in [-0.3, -0.25) is 0 Å². The maximum absolute atomic E-state index is 5.21. The van der Waals surface area contributed by atoms with Gasteiger partial charge in [0.15, 0.2) is 0 Å². The molecule has 13 heavy (non-hydrogen) atoms. The molecule has 2 heterocycles. The smallest absolute Gasteiger partial charge is 0.0988 e. The Morgan fingerprint density at radius 3 is 3.00 bits per heavy atom. The van der Waals surface area contributed by atoms with E-state index in [4.69, 9.17) is 4.74 Å². The third kappa shape index (κ3) is 1.23. The van der Waals surface area contributed by atoms with Crippen LogP contribution in [-0.2, 0) is 11.3 Å². The van der Waals surface area contributed by atoms with Gasteiger partial charge in [0, 0.05) is 11.7 Å². The molecule has 1 aromatic carbocycles. The third-order valence-electron chi connectivity index (χ3n) is 2.48. The number of benzene rings is 1. The van der Waals surface area contributed by atoms with Gasteiger partial charge in [0.25, 0.3) is 0 Å². The first-order valence-corrected chi connectivity index (χ1v) is 4.59. The fourth-order valence-electron chi connectivity index (χ4n) is 1.69. The molecule has 1 fully saturated rings. The van der Waals surface area contributed by atoms with Crippen molar-refractivity contribution in [1.29, 1.82) is 0 Å². The van der Waals surface area contributed by atoms with Gasteiger partial charge in [-0.05, 0) is 17.5 Å². The number of rotatable bonds is 2. The van der Waals surface area contributed by atoms with Gasteiger partial charge in [-0.25, -0.2) is 0 Å². The van der Waals surface area contributed by atoms with E-state index >= 15 is 0 Å². The zero-order valence-electron chi connectivity index (χ0n) is 7.31. The Hall–Kier alpha value is -1.28. The van der Waals surface area contributed by atoms with Gasteiger partial charge in [0.05, 0.1) is 19.3 Å². The molecule has 0 bridgehead atoms. The van der Waals surface area contributed by atoms with Crippen LogP contribution in [0.1, 0.15) is 0 Å². The molecule has 1 atom stereocenters. The molecule has 0 radical (unpaired) electrons. The first kappa shape index (κ1) is 7.15. The monoisotopic (exact) mass is 173 g/mol. The Labute approximate surface area is 76.7 Å². The van der Waals surface area contributed by atoms with Gasteiger partial charge < -0.3 is 9.30 Å². The number of para-hydroxylation sites is 1. The average Bonchev–Trinajstić information content (AvgIpc) is 2.88. The summed E-state index contributed by atoms with van der Waals surface area (Å²) in [6.45, 7) is 1.92. The third-order valence-corrected chi connectivity index (χ3v) is 2.48. The van der Waals surface area contributed by atoms with Crippen LogP contribution in [0, 0.1) is 0 Å². The van der Waals surface area contributed by atoms with Crippen LogP contribution >= 0.6 is 0 Å². The van der Waals surface area contributed by atoms with E-state index in [0.717, 1.165) is 13.2 Å². The van der Waals surface area contributed by atoms with Crippen LogP contribution in [0.2, 0.25) is 0 Å². The zero-order chi connectivity index (χ0) is 8.67. The molecule has 1 unspecified atom stereocenters. The minimum Gasteiger partial charge on any atom is -0.371 e. The number of hydrogen-bond donors (Lipinski definition) is 0. The minimum atomic E-state index is 0.454. The van der Waals surface area contributed by atoms with Crippen molar-refractivity contribution in [1.82, 2.24) is 4.57 Å². The molecule has 1 saturated heterocycles. The Morgan fingerprint density at radius 1 is 1.31 bits per heavy atom. The van der Waals surface area contributed by atoms with Gasteiger partial charge in [0.2, 0.25) is 0 Å². The molecule has 2 aromatic rings. The molecule has 0 spiro atoms. The van der Waals surface area contributed by atoms with Crippen LogP contribution in [0.4, 0.5) is 0 Å². The molecule has 2 heteroatoms. The van der Waals surface area contributed by atoms with E-state index in [0.29, 0.717) is 6.10 Å². The van der Waals surface area contributed by atoms with E-state index in [2.05, 4.69) is 41.1 Å². The molecule has 3 rings (SSSR count). The number of aromatic nitrogens is 1. The van der Waals surface area contributed by atoms with E-state index in [1.807, 2.05) is 0 Å². The highest BCUT2D eigenvalue weighted by molar-refractivity contribution is 5.79. The molecular formula is C11H11NO. The van der Waals surface area contributed by atoms with Crippen molar-refractivity contribution in [3.8, 4) is 0 Å². The quantitative estimate of drug-likeness (QED) is 0.635. The van der Waals surface area contributed by atoms with E-state index in [9.17, 15) is 0 Å². The lowest BCUT2D eigenvalue weighted by Gasteiger charge is -2.01. The molecule has 66 valence electrons. The van der Waals surface area contributed by atoms with Crippen LogP contribution in [0.5, 0.6) is 0 Å². The second-order valence-corrected chi connectivity index (χ2v) is 3.48. The average molecular weight is 173 g/mol. The van der Waals surface area contributed by atoms with Gasteiger partial charge in [-0.1, -0.05) is 18.2 Å². The van der Waals surface area contributed by atoms with Crippen molar-refractivity contribution in [2.75, 3.05) is 6.61 Å². The minimum absolute atomic E-state index is 0.454. The molecular weight excluding hydrogens is 162 g/mol. The first-order chi connectivity index (χ1) is 6.43. The fraction of sp³-hybridized carbons (Fsp3) is 0.273. The molecule has 0 amide bonds. The molecule has 1 aromatic heterocycles. The number of epoxide rings is 1. The summed E-state index contributed by atoms with van der Waals surface area (Å²) in [6.07, 6.45) is 2.59. The lowest BCUT2D eigenvalue weighted by molar-refractivity contribution is 0.385. The largest absolute Gasteiger partial charge is 0.371 e. The standard InChI is InChI=1S/C11H11NO/c1-2-4-11-9(3-1)5-6-12(11)7-10-8-13-10/h1-6,10H,7-8H2. The lowest BCUT2D eigenvalue weighted by atomic mass is 10.2. The molecule has 2 nitrogen and oxygen atoms in total.